The number of hydrogen-bond donors (Lipinski definition) is 1. The average molecular weight is 222 g/mol. The lowest BCUT2D eigenvalue weighted by Crippen LogP contribution is -2.31. The standard InChI is InChI=1S/C11H14N2O3/c1-9-7-13(12-16-9)8-15-11-5-3-10(14-2)4-6-11/h3-7,12H,8H2,1-2H3. The molecule has 0 spiro atoms. The first kappa shape index (κ1) is 10.6. The van der Waals surface area contributed by atoms with Gasteiger partial charge >= 0.3 is 0 Å². The summed E-state index contributed by atoms with van der Waals surface area (Å²) in [5.41, 5.74) is 2.69. The Morgan fingerprint density at radius 1 is 1.25 bits per heavy atom. The fraction of sp³-hybridized carbons (Fsp3) is 0.273. The van der Waals surface area contributed by atoms with Gasteiger partial charge in [0, 0.05) is 0 Å². The molecular weight excluding hydrogens is 208 g/mol. The van der Waals surface area contributed by atoms with E-state index in [2.05, 4.69) is 5.59 Å². The van der Waals surface area contributed by atoms with Crippen LogP contribution in [-0.2, 0) is 4.84 Å². The van der Waals surface area contributed by atoms with Crippen LogP contribution in [0.4, 0.5) is 0 Å². The number of allylic oxidation sites excluding steroid dienone is 1. The van der Waals surface area contributed by atoms with E-state index in [1.165, 1.54) is 0 Å². The molecule has 1 aliphatic rings. The summed E-state index contributed by atoms with van der Waals surface area (Å²) < 4.78 is 10.6. The van der Waals surface area contributed by atoms with E-state index in [4.69, 9.17) is 14.3 Å². The molecule has 1 aromatic rings. The summed E-state index contributed by atoms with van der Waals surface area (Å²) >= 11 is 0. The Balaban J connectivity index is 1.85. The van der Waals surface area contributed by atoms with E-state index in [0.29, 0.717) is 6.73 Å². The maximum absolute atomic E-state index is 5.52. The van der Waals surface area contributed by atoms with Gasteiger partial charge in [0.15, 0.2) is 6.73 Å². The largest absolute Gasteiger partial charge is 0.497 e. The maximum Gasteiger partial charge on any atom is 0.177 e. The SMILES string of the molecule is COc1ccc(OCN2C=C(C)ON2)cc1. The van der Waals surface area contributed by atoms with Crippen LogP contribution in [0.25, 0.3) is 0 Å². The molecule has 0 saturated carbocycles. The minimum Gasteiger partial charge on any atom is -0.497 e. The molecule has 0 aromatic heterocycles. The molecule has 0 atom stereocenters. The lowest BCUT2D eigenvalue weighted by Gasteiger charge is -2.14. The number of nitrogens with one attached hydrogen (secondary N) is 1. The molecule has 1 heterocycles. The monoisotopic (exact) mass is 222 g/mol. The summed E-state index contributed by atoms with van der Waals surface area (Å²) in [6.07, 6.45) is 1.82. The molecule has 86 valence electrons. The summed E-state index contributed by atoms with van der Waals surface area (Å²) in [6, 6.07) is 7.41. The molecule has 0 amide bonds. The predicted octanol–water partition coefficient (Wildman–Crippen LogP) is 1.64. The van der Waals surface area contributed by atoms with Crippen molar-refractivity contribution in [3.05, 3.63) is 36.2 Å². The van der Waals surface area contributed by atoms with Crippen molar-refractivity contribution in [3.63, 3.8) is 0 Å². The van der Waals surface area contributed by atoms with Gasteiger partial charge in [0.1, 0.15) is 17.3 Å². The Morgan fingerprint density at radius 3 is 2.50 bits per heavy atom. The van der Waals surface area contributed by atoms with Crippen molar-refractivity contribution in [3.8, 4) is 11.5 Å². The molecule has 2 rings (SSSR count). The first-order chi connectivity index (χ1) is 7.78. The van der Waals surface area contributed by atoms with Crippen molar-refractivity contribution in [2.45, 2.75) is 6.92 Å². The highest BCUT2D eigenvalue weighted by Gasteiger charge is 2.09. The van der Waals surface area contributed by atoms with E-state index in [-0.39, 0.29) is 0 Å². The number of nitrogens with zero attached hydrogens (tertiary/aromatic N) is 1. The van der Waals surface area contributed by atoms with Gasteiger partial charge in [-0.1, -0.05) is 5.59 Å². The molecule has 0 saturated heterocycles. The number of hydrazine groups is 1. The van der Waals surface area contributed by atoms with Gasteiger partial charge in [-0.25, -0.2) is 5.01 Å². The van der Waals surface area contributed by atoms with E-state index in [1.54, 1.807) is 12.1 Å². The van der Waals surface area contributed by atoms with Crippen LogP contribution in [0.2, 0.25) is 0 Å². The molecule has 1 aromatic carbocycles. The van der Waals surface area contributed by atoms with Gasteiger partial charge in [0.25, 0.3) is 0 Å². The number of rotatable bonds is 4. The molecule has 0 radical (unpaired) electrons. The van der Waals surface area contributed by atoms with Gasteiger partial charge in [-0.3, -0.25) is 0 Å². The van der Waals surface area contributed by atoms with Gasteiger partial charge in [-0.05, 0) is 31.2 Å². The van der Waals surface area contributed by atoms with Crippen molar-refractivity contribution in [1.82, 2.24) is 10.6 Å². The lowest BCUT2D eigenvalue weighted by atomic mass is 10.3. The average Bonchev–Trinajstić information content (AvgIpc) is 2.73. The molecule has 0 fully saturated rings. The normalized spacial score (nSPS) is 14.4. The molecule has 16 heavy (non-hydrogen) atoms. The Bertz CT molecular complexity index is 375. The molecule has 5 heteroatoms. The minimum atomic E-state index is 0.379. The molecule has 1 N–H and O–H groups in total. The molecule has 0 aliphatic carbocycles. The lowest BCUT2D eigenvalue weighted by molar-refractivity contribution is -0.0128. The molecule has 0 unspecified atom stereocenters. The third-order valence-corrected chi connectivity index (χ3v) is 2.09. The van der Waals surface area contributed by atoms with E-state index >= 15 is 0 Å². The second-order valence-corrected chi connectivity index (χ2v) is 3.35. The highest BCUT2D eigenvalue weighted by molar-refractivity contribution is 5.31. The van der Waals surface area contributed by atoms with E-state index in [9.17, 15) is 0 Å². The van der Waals surface area contributed by atoms with E-state index in [0.717, 1.165) is 17.3 Å². The fourth-order valence-electron chi connectivity index (χ4n) is 1.28. The van der Waals surface area contributed by atoms with Crippen LogP contribution >= 0.6 is 0 Å². The first-order valence-corrected chi connectivity index (χ1v) is 4.92. The maximum atomic E-state index is 5.52. The van der Waals surface area contributed by atoms with Crippen LogP contribution in [0, 0.1) is 0 Å². The molecular formula is C11H14N2O3. The van der Waals surface area contributed by atoms with E-state index < -0.39 is 0 Å². The Kier molecular flexibility index (Phi) is 3.16. The van der Waals surface area contributed by atoms with Crippen LogP contribution in [0.3, 0.4) is 0 Å². The number of hydrogen-bond acceptors (Lipinski definition) is 5. The smallest absolute Gasteiger partial charge is 0.177 e. The second kappa shape index (κ2) is 4.76. The third-order valence-electron chi connectivity index (χ3n) is 2.09. The number of methoxy groups -OCH3 is 1. The third kappa shape index (κ3) is 2.58. The van der Waals surface area contributed by atoms with Crippen LogP contribution in [0.15, 0.2) is 36.2 Å². The van der Waals surface area contributed by atoms with Crippen molar-refractivity contribution < 1.29 is 14.3 Å². The van der Waals surface area contributed by atoms with Crippen molar-refractivity contribution >= 4 is 0 Å². The van der Waals surface area contributed by atoms with Crippen molar-refractivity contribution in [2.75, 3.05) is 13.8 Å². The summed E-state index contributed by atoms with van der Waals surface area (Å²) in [4.78, 5) is 5.03. The van der Waals surface area contributed by atoms with Crippen LogP contribution in [0.5, 0.6) is 11.5 Å². The summed E-state index contributed by atoms with van der Waals surface area (Å²) in [5, 5.41) is 1.71. The molecule has 0 bridgehead atoms. The first-order valence-electron chi connectivity index (χ1n) is 4.92. The van der Waals surface area contributed by atoms with Gasteiger partial charge < -0.3 is 14.3 Å². The van der Waals surface area contributed by atoms with Crippen LogP contribution < -0.4 is 15.1 Å². The van der Waals surface area contributed by atoms with Crippen molar-refractivity contribution in [1.29, 1.82) is 0 Å². The Hall–Kier alpha value is -1.88. The predicted molar refractivity (Wildman–Crippen MR) is 58.3 cm³/mol. The van der Waals surface area contributed by atoms with Crippen LogP contribution in [-0.4, -0.2) is 18.8 Å². The second-order valence-electron chi connectivity index (χ2n) is 3.35. The quantitative estimate of drug-likeness (QED) is 0.839. The summed E-state index contributed by atoms with van der Waals surface area (Å²) in [7, 11) is 1.63. The molecule has 5 nitrogen and oxygen atoms in total. The van der Waals surface area contributed by atoms with Crippen LogP contribution in [0.1, 0.15) is 6.92 Å². The fourth-order valence-corrected chi connectivity index (χ4v) is 1.28. The number of ether oxygens (including phenoxy) is 2. The zero-order valence-electron chi connectivity index (χ0n) is 9.27. The highest BCUT2D eigenvalue weighted by Crippen LogP contribution is 2.17. The highest BCUT2D eigenvalue weighted by atomic mass is 16.7. The molecule has 1 aliphatic heterocycles. The van der Waals surface area contributed by atoms with Gasteiger partial charge in [-0.2, -0.15) is 0 Å². The Morgan fingerprint density at radius 2 is 1.94 bits per heavy atom. The topological polar surface area (TPSA) is 43.0 Å². The van der Waals surface area contributed by atoms with Crippen molar-refractivity contribution in [2.24, 2.45) is 0 Å². The van der Waals surface area contributed by atoms with Gasteiger partial charge in [0.05, 0.1) is 13.3 Å². The van der Waals surface area contributed by atoms with Gasteiger partial charge in [-0.15, -0.1) is 0 Å². The Labute approximate surface area is 94.1 Å². The van der Waals surface area contributed by atoms with E-state index in [1.807, 2.05) is 37.4 Å². The summed E-state index contributed by atoms with van der Waals surface area (Å²) in [6.45, 7) is 2.24. The zero-order chi connectivity index (χ0) is 11.4. The summed E-state index contributed by atoms with van der Waals surface area (Å²) in [5.74, 6) is 2.39. The minimum absolute atomic E-state index is 0.379. The number of benzene rings is 1. The zero-order valence-corrected chi connectivity index (χ0v) is 9.27. The van der Waals surface area contributed by atoms with Gasteiger partial charge in [0.2, 0.25) is 0 Å².